The van der Waals surface area contributed by atoms with Gasteiger partial charge in [-0.2, -0.15) is 5.10 Å². The lowest BCUT2D eigenvalue weighted by Gasteiger charge is -2.01. The minimum atomic E-state index is -0.151. The van der Waals surface area contributed by atoms with Crippen molar-refractivity contribution in [1.82, 2.24) is 15.2 Å². The maximum Gasteiger partial charge on any atom is 0.189 e. The molecule has 3 aromatic rings. The summed E-state index contributed by atoms with van der Waals surface area (Å²) in [6.07, 6.45) is 3.53. The molecule has 1 aromatic carbocycles. The number of carbonyl (C=O) groups excluding carboxylic acids is 1. The van der Waals surface area contributed by atoms with E-state index in [-0.39, 0.29) is 17.9 Å². The van der Waals surface area contributed by atoms with Gasteiger partial charge in [0.05, 0.1) is 11.4 Å². The summed E-state index contributed by atoms with van der Waals surface area (Å²) in [6, 6.07) is 10.8. The van der Waals surface area contributed by atoms with Gasteiger partial charge in [-0.15, -0.1) is 0 Å². The quantitative estimate of drug-likeness (QED) is 0.725. The molecule has 0 unspecified atom stereocenters. The SMILES string of the molecule is Nc1c(C(=O)Cc2cccnc2)n[nH]c1-c1ccc(Cl)cc1. The van der Waals surface area contributed by atoms with E-state index in [0.29, 0.717) is 16.4 Å². The van der Waals surface area contributed by atoms with E-state index in [4.69, 9.17) is 17.3 Å². The van der Waals surface area contributed by atoms with Gasteiger partial charge in [-0.1, -0.05) is 29.8 Å². The Morgan fingerprint density at radius 3 is 2.68 bits per heavy atom. The highest BCUT2D eigenvalue weighted by Crippen LogP contribution is 2.27. The monoisotopic (exact) mass is 312 g/mol. The molecular formula is C16H13ClN4O. The van der Waals surface area contributed by atoms with Crippen LogP contribution in [0.5, 0.6) is 0 Å². The van der Waals surface area contributed by atoms with E-state index in [1.807, 2.05) is 18.2 Å². The van der Waals surface area contributed by atoms with Gasteiger partial charge in [-0.05, 0) is 23.8 Å². The second kappa shape index (κ2) is 5.99. The molecule has 0 radical (unpaired) electrons. The summed E-state index contributed by atoms with van der Waals surface area (Å²) >= 11 is 5.87. The Hall–Kier alpha value is -2.66. The molecule has 110 valence electrons. The second-order valence-corrected chi connectivity index (χ2v) is 5.27. The predicted molar refractivity (Wildman–Crippen MR) is 85.7 cm³/mol. The van der Waals surface area contributed by atoms with Crippen LogP contribution in [0.25, 0.3) is 11.3 Å². The highest BCUT2D eigenvalue weighted by molar-refractivity contribution is 6.30. The number of nitrogens with zero attached hydrogens (tertiary/aromatic N) is 2. The Kier molecular flexibility index (Phi) is 3.89. The molecule has 0 amide bonds. The summed E-state index contributed by atoms with van der Waals surface area (Å²) < 4.78 is 0. The number of benzene rings is 1. The highest BCUT2D eigenvalue weighted by Gasteiger charge is 2.18. The van der Waals surface area contributed by atoms with Crippen LogP contribution in [0.4, 0.5) is 5.69 Å². The fourth-order valence-electron chi connectivity index (χ4n) is 2.17. The Balaban J connectivity index is 1.87. The summed E-state index contributed by atoms with van der Waals surface area (Å²) in [6.45, 7) is 0. The molecular weight excluding hydrogens is 300 g/mol. The summed E-state index contributed by atoms with van der Waals surface area (Å²) in [5, 5.41) is 7.51. The van der Waals surface area contributed by atoms with E-state index >= 15 is 0 Å². The van der Waals surface area contributed by atoms with Crippen molar-refractivity contribution in [3.63, 3.8) is 0 Å². The standard InChI is InChI=1S/C16H13ClN4O/c17-12-5-3-11(4-6-12)15-14(18)16(21-20-15)13(22)8-10-2-1-7-19-9-10/h1-7,9H,8,18H2,(H,20,21). The van der Waals surface area contributed by atoms with E-state index in [1.165, 1.54) is 0 Å². The maximum atomic E-state index is 12.3. The number of halogens is 1. The van der Waals surface area contributed by atoms with E-state index in [9.17, 15) is 4.79 Å². The predicted octanol–water partition coefficient (Wildman–Crippen LogP) is 3.13. The van der Waals surface area contributed by atoms with Crippen LogP contribution in [0.1, 0.15) is 16.1 Å². The van der Waals surface area contributed by atoms with Gasteiger partial charge < -0.3 is 5.73 Å². The van der Waals surface area contributed by atoms with E-state index in [1.54, 1.807) is 30.6 Å². The number of nitrogens with one attached hydrogen (secondary N) is 1. The largest absolute Gasteiger partial charge is 0.395 e. The molecule has 0 saturated heterocycles. The summed E-state index contributed by atoms with van der Waals surface area (Å²) in [7, 11) is 0. The van der Waals surface area contributed by atoms with E-state index < -0.39 is 0 Å². The lowest BCUT2D eigenvalue weighted by Crippen LogP contribution is -2.07. The molecule has 2 heterocycles. The Labute approximate surface area is 132 Å². The van der Waals surface area contributed by atoms with Crippen LogP contribution in [0, 0.1) is 0 Å². The number of Topliss-reactive ketones (excluding diaryl/α,β-unsaturated/α-hetero) is 1. The molecule has 2 aromatic heterocycles. The zero-order valence-corrected chi connectivity index (χ0v) is 12.3. The minimum Gasteiger partial charge on any atom is -0.395 e. The van der Waals surface area contributed by atoms with Crippen molar-refractivity contribution >= 4 is 23.1 Å². The molecule has 0 fully saturated rings. The van der Waals surface area contributed by atoms with E-state index in [2.05, 4.69) is 15.2 Å². The van der Waals surface area contributed by atoms with Gasteiger partial charge in [-0.25, -0.2) is 0 Å². The van der Waals surface area contributed by atoms with Crippen molar-refractivity contribution in [3.05, 3.63) is 65.1 Å². The average Bonchev–Trinajstić information content (AvgIpc) is 2.91. The van der Waals surface area contributed by atoms with Crippen LogP contribution in [-0.4, -0.2) is 21.0 Å². The Morgan fingerprint density at radius 2 is 2.00 bits per heavy atom. The zero-order chi connectivity index (χ0) is 15.5. The van der Waals surface area contributed by atoms with Crippen molar-refractivity contribution in [3.8, 4) is 11.3 Å². The van der Waals surface area contributed by atoms with Crippen molar-refractivity contribution in [2.24, 2.45) is 0 Å². The molecule has 3 N–H and O–H groups in total. The number of rotatable bonds is 4. The van der Waals surface area contributed by atoms with Crippen LogP contribution in [-0.2, 0) is 6.42 Å². The number of nitrogen functional groups attached to an aromatic ring is 1. The van der Waals surface area contributed by atoms with Gasteiger partial charge in [0.2, 0.25) is 0 Å². The first-order chi connectivity index (χ1) is 10.6. The Morgan fingerprint density at radius 1 is 1.23 bits per heavy atom. The third kappa shape index (κ3) is 2.84. The first-order valence-corrected chi connectivity index (χ1v) is 7.05. The lowest BCUT2D eigenvalue weighted by molar-refractivity contribution is 0.0989. The van der Waals surface area contributed by atoms with Crippen molar-refractivity contribution in [2.45, 2.75) is 6.42 Å². The van der Waals surface area contributed by atoms with Crippen LogP contribution >= 0.6 is 11.6 Å². The number of pyridine rings is 1. The number of hydrogen-bond acceptors (Lipinski definition) is 4. The zero-order valence-electron chi connectivity index (χ0n) is 11.6. The normalized spacial score (nSPS) is 10.6. The van der Waals surface area contributed by atoms with Crippen LogP contribution in [0.2, 0.25) is 5.02 Å². The van der Waals surface area contributed by atoms with Crippen molar-refractivity contribution < 1.29 is 4.79 Å². The smallest absolute Gasteiger partial charge is 0.189 e. The number of hydrogen-bond donors (Lipinski definition) is 2. The maximum absolute atomic E-state index is 12.3. The fraction of sp³-hybridized carbons (Fsp3) is 0.0625. The molecule has 0 spiro atoms. The van der Waals surface area contributed by atoms with Gasteiger partial charge >= 0.3 is 0 Å². The molecule has 0 aliphatic carbocycles. The van der Waals surface area contributed by atoms with Crippen LogP contribution in [0.3, 0.4) is 0 Å². The average molecular weight is 313 g/mol. The van der Waals surface area contributed by atoms with E-state index in [0.717, 1.165) is 11.1 Å². The highest BCUT2D eigenvalue weighted by atomic mass is 35.5. The Bertz CT molecular complexity index is 797. The number of aromatic amines is 1. The molecule has 22 heavy (non-hydrogen) atoms. The van der Waals surface area contributed by atoms with Gasteiger partial charge in [0, 0.05) is 29.4 Å². The summed E-state index contributed by atoms with van der Waals surface area (Å²) in [5.74, 6) is -0.151. The fourth-order valence-corrected chi connectivity index (χ4v) is 2.30. The molecule has 0 aliphatic rings. The number of aromatic nitrogens is 3. The lowest BCUT2D eigenvalue weighted by atomic mass is 10.1. The van der Waals surface area contributed by atoms with Crippen molar-refractivity contribution in [2.75, 3.05) is 5.73 Å². The third-order valence-corrected chi connectivity index (χ3v) is 3.54. The first-order valence-electron chi connectivity index (χ1n) is 6.67. The minimum absolute atomic E-state index is 0.151. The summed E-state index contributed by atoms with van der Waals surface area (Å²) in [5.41, 5.74) is 8.92. The summed E-state index contributed by atoms with van der Waals surface area (Å²) in [4.78, 5) is 16.3. The van der Waals surface area contributed by atoms with Crippen LogP contribution in [0.15, 0.2) is 48.8 Å². The molecule has 0 bridgehead atoms. The number of ketones is 1. The number of nitrogens with two attached hydrogens (primary N) is 1. The molecule has 0 saturated carbocycles. The van der Waals surface area contributed by atoms with Crippen molar-refractivity contribution in [1.29, 1.82) is 0 Å². The van der Waals surface area contributed by atoms with Gasteiger partial charge in [0.1, 0.15) is 0 Å². The third-order valence-electron chi connectivity index (χ3n) is 3.29. The molecule has 0 aliphatic heterocycles. The molecule has 5 nitrogen and oxygen atoms in total. The number of anilines is 1. The number of carbonyl (C=O) groups is 1. The molecule has 6 heteroatoms. The number of H-pyrrole nitrogens is 1. The van der Waals surface area contributed by atoms with Gasteiger partial charge in [0.15, 0.2) is 11.5 Å². The van der Waals surface area contributed by atoms with Crippen LogP contribution < -0.4 is 5.73 Å². The molecule has 3 rings (SSSR count). The second-order valence-electron chi connectivity index (χ2n) is 4.83. The topological polar surface area (TPSA) is 84.7 Å². The van der Waals surface area contributed by atoms with Gasteiger partial charge in [-0.3, -0.25) is 14.9 Å². The first kappa shape index (κ1) is 14.3. The van der Waals surface area contributed by atoms with Gasteiger partial charge in [0.25, 0.3) is 0 Å². The molecule has 0 atom stereocenters.